The average molecular weight is 794 g/mol. The van der Waals surface area contributed by atoms with Crippen LogP contribution < -0.4 is 0 Å². The standard InChI is InChI=1S/C48H51N3O6Si/c1-34(41-28-17-26-39(49-41)32-54-48(36-20-11-8-12-21-36,37-22-13-9-14-23-37)38-24-15-10-16-25-38)56-45(52)43-30-19-31-44(51-43)46(53)57-35(2)42-29-18-27-40(50-42)33-55-58(6,7)47(3,4)5/h8-31,34-35H,32-33H2,1-7H3/t34-,35+/m1/s1. The van der Waals surface area contributed by atoms with Gasteiger partial charge in [-0.2, -0.15) is 0 Å². The second-order valence-corrected chi connectivity index (χ2v) is 20.5. The van der Waals surface area contributed by atoms with E-state index < -0.39 is 38.1 Å². The minimum atomic E-state index is -1.97. The zero-order chi connectivity index (χ0) is 41.3. The maximum absolute atomic E-state index is 13.4. The van der Waals surface area contributed by atoms with Gasteiger partial charge < -0.3 is 18.6 Å². The average Bonchev–Trinajstić information content (AvgIpc) is 3.24. The molecule has 0 aliphatic carbocycles. The first-order valence-electron chi connectivity index (χ1n) is 19.5. The molecule has 6 aromatic rings. The van der Waals surface area contributed by atoms with Gasteiger partial charge in [-0.25, -0.2) is 14.6 Å². The van der Waals surface area contributed by atoms with Crippen molar-refractivity contribution in [1.82, 2.24) is 15.0 Å². The third kappa shape index (κ3) is 9.82. The monoisotopic (exact) mass is 793 g/mol. The van der Waals surface area contributed by atoms with Crippen LogP contribution in [0.3, 0.4) is 0 Å². The highest BCUT2D eigenvalue weighted by Crippen LogP contribution is 2.41. The Kier molecular flexibility index (Phi) is 13.1. The molecular weight excluding hydrogens is 743 g/mol. The number of hydrogen-bond acceptors (Lipinski definition) is 9. The number of ether oxygens (including phenoxy) is 3. The van der Waals surface area contributed by atoms with E-state index in [4.69, 9.17) is 28.6 Å². The quantitative estimate of drug-likeness (QED) is 0.0570. The number of rotatable bonds is 15. The maximum atomic E-state index is 13.4. The van der Waals surface area contributed by atoms with Crippen LogP contribution in [0.1, 0.15) is 107 Å². The van der Waals surface area contributed by atoms with E-state index in [2.05, 4.69) is 75.2 Å². The number of carbonyl (C=O) groups is 2. The molecule has 0 N–H and O–H groups in total. The maximum Gasteiger partial charge on any atom is 0.357 e. The minimum Gasteiger partial charge on any atom is -0.451 e. The van der Waals surface area contributed by atoms with Crippen LogP contribution in [0.25, 0.3) is 0 Å². The highest BCUT2D eigenvalue weighted by Gasteiger charge is 2.38. The van der Waals surface area contributed by atoms with Crippen molar-refractivity contribution in [2.45, 2.75) is 83.8 Å². The number of esters is 2. The van der Waals surface area contributed by atoms with E-state index in [1.807, 2.05) is 78.9 Å². The molecule has 0 spiro atoms. The van der Waals surface area contributed by atoms with Crippen LogP contribution in [0, 0.1) is 0 Å². The number of aromatic nitrogens is 3. The topological polar surface area (TPSA) is 110 Å². The highest BCUT2D eigenvalue weighted by atomic mass is 28.4. The SMILES string of the molecule is C[C@H](OC(=O)c1cccc(C(=O)O[C@H](C)c2cccc(COC(c3ccccc3)(c3ccccc3)c3ccccc3)n2)n1)c1cccc(CO[Si](C)(C)C(C)(C)C)n1. The van der Waals surface area contributed by atoms with Crippen LogP contribution in [0.2, 0.25) is 18.1 Å². The molecule has 9 nitrogen and oxygen atoms in total. The van der Waals surface area contributed by atoms with Crippen LogP contribution >= 0.6 is 0 Å². The predicted molar refractivity (Wildman–Crippen MR) is 226 cm³/mol. The highest BCUT2D eigenvalue weighted by molar-refractivity contribution is 6.74. The van der Waals surface area contributed by atoms with Crippen LogP contribution in [-0.4, -0.2) is 35.2 Å². The minimum absolute atomic E-state index is 0.0256. The lowest BCUT2D eigenvalue weighted by Crippen LogP contribution is -2.40. The van der Waals surface area contributed by atoms with Gasteiger partial charge in [-0.05, 0) is 85.1 Å². The van der Waals surface area contributed by atoms with Crippen molar-refractivity contribution in [3.63, 3.8) is 0 Å². The number of hydrogen-bond donors (Lipinski definition) is 0. The van der Waals surface area contributed by atoms with Gasteiger partial charge in [0.2, 0.25) is 0 Å². The third-order valence-corrected chi connectivity index (χ3v) is 15.1. The molecule has 3 aromatic carbocycles. The summed E-state index contributed by atoms with van der Waals surface area (Å²) in [5.41, 5.74) is 4.49. The Morgan fingerprint density at radius 3 is 1.34 bits per heavy atom. The van der Waals surface area contributed by atoms with Gasteiger partial charge in [0, 0.05) is 0 Å². The van der Waals surface area contributed by atoms with Gasteiger partial charge in [0.05, 0.1) is 36.0 Å². The molecule has 0 fully saturated rings. The van der Waals surface area contributed by atoms with Crippen molar-refractivity contribution in [2.24, 2.45) is 0 Å². The van der Waals surface area contributed by atoms with Gasteiger partial charge in [-0.15, -0.1) is 0 Å². The summed E-state index contributed by atoms with van der Waals surface area (Å²) in [7, 11) is -1.97. The van der Waals surface area contributed by atoms with Crippen molar-refractivity contribution in [1.29, 1.82) is 0 Å². The molecule has 2 atom stereocenters. The second kappa shape index (κ2) is 18.2. The zero-order valence-electron chi connectivity index (χ0n) is 34.2. The Morgan fingerprint density at radius 2 is 0.931 bits per heavy atom. The molecular formula is C48H51N3O6Si. The molecule has 0 unspecified atom stereocenters. The predicted octanol–water partition coefficient (Wildman–Crippen LogP) is 10.7. The molecule has 3 heterocycles. The van der Waals surface area contributed by atoms with Gasteiger partial charge in [0.1, 0.15) is 29.2 Å². The summed E-state index contributed by atoms with van der Waals surface area (Å²) in [6.07, 6.45) is -1.40. The fourth-order valence-electron chi connectivity index (χ4n) is 6.26. The summed E-state index contributed by atoms with van der Waals surface area (Å²) in [5, 5.41) is 0.0696. The molecule has 0 amide bonds. The molecule has 0 aliphatic heterocycles. The number of carbonyl (C=O) groups excluding carboxylic acids is 2. The normalized spacial score (nSPS) is 13.0. The van der Waals surface area contributed by atoms with E-state index >= 15 is 0 Å². The Hall–Kier alpha value is -5.81. The second-order valence-electron chi connectivity index (χ2n) is 15.7. The van der Waals surface area contributed by atoms with Gasteiger partial charge in [0.25, 0.3) is 0 Å². The lowest BCUT2D eigenvalue weighted by atomic mass is 9.80. The van der Waals surface area contributed by atoms with Crippen molar-refractivity contribution < 1.29 is 28.2 Å². The summed E-state index contributed by atoms with van der Waals surface area (Å²) in [5.74, 6) is -1.39. The number of benzene rings is 3. The third-order valence-electron chi connectivity index (χ3n) is 10.6. The Morgan fingerprint density at radius 1 is 0.534 bits per heavy atom. The largest absolute Gasteiger partial charge is 0.451 e. The molecule has 298 valence electrons. The molecule has 0 radical (unpaired) electrons. The summed E-state index contributed by atoms with van der Waals surface area (Å²) >= 11 is 0. The first-order chi connectivity index (χ1) is 27.8. The molecule has 0 saturated carbocycles. The van der Waals surface area contributed by atoms with E-state index in [-0.39, 0.29) is 23.0 Å². The van der Waals surface area contributed by atoms with E-state index in [0.29, 0.717) is 23.7 Å². The van der Waals surface area contributed by atoms with Gasteiger partial charge in [0.15, 0.2) is 8.32 Å². The van der Waals surface area contributed by atoms with Crippen molar-refractivity contribution >= 4 is 20.3 Å². The van der Waals surface area contributed by atoms with Crippen LogP contribution in [-0.2, 0) is 37.5 Å². The van der Waals surface area contributed by atoms with Crippen molar-refractivity contribution in [3.8, 4) is 0 Å². The zero-order valence-corrected chi connectivity index (χ0v) is 35.2. The molecule has 10 heteroatoms. The van der Waals surface area contributed by atoms with E-state index in [1.54, 1.807) is 32.0 Å². The van der Waals surface area contributed by atoms with Crippen molar-refractivity contribution in [2.75, 3.05) is 0 Å². The van der Waals surface area contributed by atoms with E-state index in [9.17, 15) is 9.59 Å². The molecule has 3 aromatic heterocycles. The Labute approximate surface area is 342 Å². The first-order valence-corrected chi connectivity index (χ1v) is 22.4. The van der Waals surface area contributed by atoms with E-state index in [1.165, 1.54) is 12.1 Å². The van der Waals surface area contributed by atoms with Crippen LogP contribution in [0.5, 0.6) is 0 Å². The first kappa shape index (κ1) is 41.8. The summed E-state index contributed by atoms with van der Waals surface area (Å²) in [4.78, 5) is 40.5. The summed E-state index contributed by atoms with van der Waals surface area (Å²) in [6.45, 7) is 15.0. The van der Waals surface area contributed by atoms with Crippen molar-refractivity contribution in [3.05, 3.63) is 196 Å². The molecule has 6 rings (SSSR count). The molecule has 0 bridgehead atoms. The summed E-state index contributed by atoms with van der Waals surface area (Å²) in [6, 6.07) is 46.1. The Bertz CT molecular complexity index is 2200. The molecule has 0 aliphatic rings. The fourth-order valence-corrected chi connectivity index (χ4v) is 7.20. The number of nitrogens with zero attached hydrogens (tertiary/aromatic N) is 3. The van der Waals surface area contributed by atoms with E-state index in [0.717, 1.165) is 22.4 Å². The van der Waals surface area contributed by atoms with Gasteiger partial charge >= 0.3 is 11.9 Å². The van der Waals surface area contributed by atoms with Crippen LogP contribution in [0.4, 0.5) is 0 Å². The Balaban J connectivity index is 1.12. The smallest absolute Gasteiger partial charge is 0.357 e. The summed E-state index contributed by atoms with van der Waals surface area (Å²) < 4.78 is 24.9. The lowest BCUT2D eigenvalue weighted by Gasteiger charge is -2.36. The van der Waals surface area contributed by atoms with Crippen LogP contribution in [0.15, 0.2) is 146 Å². The number of pyridine rings is 3. The molecule has 58 heavy (non-hydrogen) atoms. The van der Waals surface area contributed by atoms with Gasteiger partial charge in [-0.3, -0.25) is 9.97 Å². The lowest BCUT2D eigenvalue weighted by molar-refractivity contribution is -0.00174. The molecule has 0 saturated heterocycles. The fraction of sp³-hybridized carbons (Fsp3) is 0.271. The van der Waals surface area contributed by atoms with Gasteiger partial charge in [-0.1, -0.05) is 130 Å².